The Bertz CT molecular complexity index is 1150. The highest BCUT2D eigenvalue weighted by molar-refractivity contribution is 5.97. The Morgan fingerprint density at radius 2 is 1.92 bits per heavy atom. The van der Waals surface area contributed by atoms with Crippen LogP contribution in [0.15, 0.2) is 54.4 Å². The van der Waals surface area contributed by atoms with Gasteiger partial charge in [0.25, 0.3) is 11.8 Å². The maximum absolute atomic E-state index is 13.0. The lowest BCUT2D eigenvalue weighted by Crippen LogP contribution is -2.38. The zero-order chi connectivity index (χ0) is 26.9. The molecule has 0 spiro atoms. The van der Waals surface area contributed by atoms with Crippen molar-refractivity contribution in [3.8, 4) is 11.8 Å². The van der Waals surface area contributed by atoms with Gasteiger partial charge in [0.05, 0.1) is 30.9 Å². The summed E-state index contributed by atoms with van der Waals surface area (Å²) in [5.41, 5.74) is 5.87. The van der Waals surface area contributed by atoms with Crippen LogP contribution < -0.4 is 26.9 Å². The predicted molar refractivity (Wildman–Crippen MR) is 130 cm³/mol. The summed E-state index contributed by atoms with van der Waals surface area (Å²) in [4.78, 5) is 24.8. The van der Waals surface area contributed by atoms with Crippen LogP contribution in [0.25, 0.3) is 0 Å². The van der Waals surface area contributed by atoms with Gasteiger partial charge in [-0.3, -0.25) is 9.59 Å². The van der Waals surface area contributed by atoms with E-state index in [9.17, 15) is 28.0 Å². The third-order valence-corrected chi connectivity index (χ3v) is 5.12. The van der Waals surface area contributed by atoms with Gasteiger partial charge in [-0.1, -0.05) is 31.2 Å². The van der Waals surface area contributed by atoms with Gasteiger partial charge in [-0.15, -0.1) is 0 Å². The number of nitrogens with one attached hydrogen (secondary N) is 2. The van der Waals surface area contributed by atoms with Crippen LogP contribution in [-0.2, 0) is 17.4 Å². The van der Waals surface area contributed by atoms with E-state index in [1.807, 2.05) is 25.1 Å². The number of amides is 2. The maximum Gasteiger partial charge on any atom is 0.416 e. The van der Waals surface area contributed by atoms with Gasteiger partial charge in [0.15, 0.2) is 0 Å². The molecule has 0 heterocycles. The van der Waals surface area contributed by atoms with Gasteiger partial charge < -0.3 is 26.1 Å². The molecular weight excluding hydrogens is 477 g/mol. The Balaban J connectivity index is 0.00000684. The molecule has 0 aromatic heterocycles. The highest BCUT2D eigenvalue weighted by Crippen LogP contribution is 2.32. The molecule has 196 valence electrons. The van der Waals surface area contributed by atoms with E-state index >= 15 is 0 Å². The number of alkyl halides is 3. The second kappa shape index (κ2) is 12.5. The Kier molecular flexibility index (Phi) is 9.69. The number of carbonyl (C=O) groups is 2. The fourth-order valence-corrected chi connectivity index (χ4v) is 3.11. The van der Waals surface area contributed by atoms with E-state index in [-0.39, 0.29) is 33.0 Å². The summed E-state index contributed by atoms with van der Waals surface area (Å²) in [6.45, 7) is 1.89. The lowest BCUT2D eigenvalue weighted by molar-refractivity contribution is -0.137. The number of carbonyl (C=O) groups excluding carboxylic acids is 2. The molecule has 2 amide bonds. The molecule has 0 fully saturated rings. The number of benzene rings is 2. The predicted octanol–water partition coefficient (Wildman–Crippen LogP) is 2.86. The SMILES string of the molecule is CCc1ccc(C(C#N)NC(=O)/C(N)=C/N(N)CCNC(=O)c2cc(C(F)(F)F)ccc2OC)cc1.[HH].[HH]. The van der Waals surface area contributed by atoms with E-state index in [4.69, 9.17) is 16.3 Å². The van der Waals surface area contributed by atoms with Crippen molar-refractivity contribution in [2.75, 3.05) is 20.2 Å². The summed E-state index contributed by atoms with van der Waals surface area (Å²) in [6, 6.07) is 10.8. The summed E-state index contributed by atoms with van der Waals surface area (Å²) in [5.74, 6) is 4.24. The Morgan fingerprint density at radius 3 is 2.47 bits per heavy atom. The monoisotopic (exact) mass is 508 g/mol. The average molecular weight is 509 g/mol. The van der Waals surface area contributed by atoms with Crippen molar-refractivity contribution in [2.45, 2.75) is 25.6 Å². The zero-order valence-electron chi connectivity index (χ0n) is 19.7. The molecule has 0 saturated carbocycles. The van der Waals surface area contributed by atoms with Crippen LogP contribution in [0, 0.1) is 11.3 Å². The summed E-state index contributed by atoms with van der Waals surface area (Å²) in [5, 5.41) is 15.4. The first-order valence-electron chi connectivity index (χ1n) is 10.8. The van der Waals surface area contributed by atoms with E-state index in [1.54, 1.807) is 12.1 Å². The summed E-state index contributed by atoms with van der Waals surface area (Å²) < 4.78 is 43.9. The van der Waals surface area contributed by atoms with Crippen molar-refractivity contribution in [2.24, 2.45) is 11.6 Å². The summed E-state index contributed by atoms with van der Waals surface area (Å²) >= 11 is 0. The lowest BCUT2D eigenvalue weighted by Gasteiger charge is -2.17. The number of hydrogen-bond acceptors (Lipinski definition) is 7. The second-order valence-electron chi connectivity index (χ2n) is 7.62. The fraction of sp³-hybridized carbons (Fsp3) is 0.292. The molecule has 0 radical (unpaired) electrons. The lowest BCUT2D eigenvalue weighted by atomic mass is 10.0. The molecule has 9 nitrogen and oxygen atoms in total. The average Bonchev–Trinajstić information content (AvgIpc) is 2.86. The van der Waals surface area contributed by atoms with Crippen molar-refractivity contribution in [1.29, 1.82) is 5.26 Å². The molecule has 2 rings (SSSR count). The standard InChI is InChI=1S/C24H27F3N6O3.2H2/c1-3-15-4-6-16(7-5-15)20(13-28)32-23(35)19(29)14-33(30)11-10-31-22(34)18-12-17(24(25,26)27)8-9-21(18)36-2;;/h4-9,12,14,20H,3,10-11,29-30H2,1-2H3,(H,31,34)(H,32,35);2*1H/b19-14-;;. The van der Waals surface area contributed by atoms with Gasteiger partial charge in [-0.25, -0.2) is 5.84 Å². The van der Waals surface area contributed by atoms with Gasteiger partial charge in [-0.2, -0.15) is 18.4 Å². The number of nitrogens with zero attached hydrogens (tertiary/aromatic N) is 2. The number of hydrazine groups is 1. The molecule has 36 heavy (non-hydrogen) atoms. The van der Waals surface area contributed by atoms with E-state index in [0.29, 0.717) is 11.6 Å². The van der Waals surface area contributed by atoms with Gasteiger partial charge >= 0.3 is 6.18 Å². The number of methoxy groups -OCH3 is 1. The number of aryl methyl sites for hydroxylation is 1. The smallest absolute Gasteiger partial charge is 0.416 e. The van der Waals surface area contributed by atoms with Crippen molar-refractivity contribution in [3.63, 3.8) is 0 Å². The van der Waals surface area contributed by atoms with Crippen molar-refractivity contribution < 1.29 is 30.4 Å². The van der Waals surface area contributed by atoms with Crippen molar-refractivity contribution in [3.05, 3.63) is 76.6 Å². The number of rotatable bonds is 10. The van der Waals surface area contributed by atoms with E-state index in [2.05, 4.69) is 10.6 Å². The largest absolute Gasteiger partial charge is 0.496 e. The number of nitriles is 1. The topological polar surface area (TPSA) is 146 Å². The van der Waals surface area contributed by atoms with Gasteiger partial charge in [0.2, 0.25) is 0 Å². The van der Waals surface area contributed by atoms with E-state index in [1.165, 1.54) is 7.11 Å². The minimum atomic E-state index is -4.62. The van der Waals surface area contributed by atoms with Crippen molar-refractivity contribution in [1.82, 2.24) is 15.6 Å². The van der Waals surface area contributed by atoms with Gasteiger partial charge in [-0.05, 0) is 35.7 Å². The molecule has 0 saturated heterocycles. The Labute approximate surface area is 209 Å². The molecule has 1 unspecified atom stereocenters. The summed E-state index contributed by atoms with van der Waals surface area (Å²) in [6.07, 6.45) is -2.68. The normalized spacial score (nSPS) is 12.3. The second-order valence-corrected chi connectivity index (χ2v) is 7.62. The third kappa shape index (κ3) is 7.64. The first-order valence-corrected chi connectivity index (χ1v) is 10.8. The third-order valence-electron chi connectivity index (χ3n) is 5.12. The van der Waals surface area contributed by atoms with Crippen LogP contribution in [0.1, 0.15) is 42.9 Å². The fourth-order valence-electron chi connectivity index (χ4n) is 3.11. The Hall–Kier alpha value is -4.24. The molecule has 0 aliphatic carbocycles. The number of ether oxygens (including phenoxy) is 1. The van der Waals surface area contributed by atoms with Crippen LogP contribution >= 0.6 is 0 Å². The van der Waals surface area contributed by atoms with Crippen LogP contribution in [0.3, 0.4) is 0 Å². The number of halogens is 3. The van der Waals surface area contributed by atoms with Crippen LogP contribution in [0.2, 0.25) is 0 Å². The van der Waals surface area contributed by atoms with Gasteiger partial charge in [0, 0.05) is 15.6 Å². The molecule has 0 aliphatic rings. The maximum atomic E-state index is 13.0. The molecule has 2 aromatic carbocycles. The van der Waals surface area contributed by atoms with Crippen LogP contribution in [-0.4, -0.2) is 37.0 Å². The van der Waals surface area contributed by atoms with Crippen molar-refractivity contribution >= 4 is 11.8 Å². The minimum absolute atomic E-state index is 0. The molecule has 12 heteroatoms. The molecular formula is C24H31F3N6O3. The quantitative estimate of drug-likeness (QED) is 0.219. The number of nitrogens with two attached hydrogens (primary N) is 2. The highest BCUT2D eigenvalue weighted by atomic mass is 19.4. The zero-order valence-corrected chi connectivity index (χ0v) is 19.7. The van der Waals surface area contributed by atoms with E-state index in [0.717, 1.165) is 35.3 Å². The molecule has 0 bridgehead atoms. The molecule has 0 aliphatic heterocycles. The molecule has 6 N–H and O–H groups in total. The van der Waals surface area contributed by atoms with Crippen LogP contribution in [0.5, 0.6) is 5.75 Å². The first-order chi connectivity index (χ1) is 17.0. The van der Waals surface area contributed by atoms with Crippen LogP contribution in [0.4, 0.5) is 13.2 Å². The van der Waals surface area contributed by atoms with E-state index < -0.39 is 29.6 Å². The first kappa shape index (κ1) is 28.0. The number of hydrogen-bond donors (Lipinski definition) is 4. The molecule has 2 aromatic rings. The van der Waals surface area contributed by atoms with Gasteiger partial charge in [0.1, 0.15) is 17.5 Å². The molecule has 1 atom stereocenters. The Morgan fingerprint density at radius 1 is 1.25 bits per heavy atom. The summed E-state index contributed by atoms with van der Waals surface area (Å²) in [7, 11) is 1.23. The highest BCUT2D eigenvalue weighted by Gasteiger charge is 2.32. The minimum Gasteiger partial charge on any atom is -0.496 e.